The third kappa shape index (κ3) is 2.05. The zero-order chi connectivity index (χ0) is 10.7. The minimum atomic E-state index is -0.699. The van der Waals surface area contributed by atoms with Crippen LogP contribution in [0.2, 0.25) is 0 Å². The van der Waals surface area contributed by atoms with E-state index in [0.29, 0.717) is 5.69 Å². The van der Waals surface area contributed by atoms with Crippen molar-refractivity contribution in [3.63, 3.8) is 0 Å². The Labute approximate surface area is 88.0 Å². The summed E-state index contributed by atoms with van der Waals surface area (Å²) in [5.41, 5.74) is 2.60. The van der Waals surface area contributed by atoms with E-state index in [0.717, 1.165) is 12.0 Å². The average Bonchev–Trinajstić information content (AvgIpc) is 2.81. The molecule has 0 saturated carbocycles. The molecule has 0 aliphatic carbocycles. The van der Waals surface area contributed by atoms with Crippen LogP contribution in [0.25, 0.3) is 0 Å². The molecule has 4 heteroatoms. The van der Waals surface area contributed by atoms with Gasteiger partial charge in [-0.25, -0.2) is 0 Å². The smallest absolute Gasteiger partial charge is 0.124 e. The van der Waals surface area contributed by atoms with Crippen molar-refractivity contribution in [2.75, 3.05) is 0 Å². The van der Waals surface area contributed by atoms with Gasteiger partial charge < -0.3 is 5.11 Å². The molecule has 1 unspecified atom stereocenters. The zero-order valence-electron chi connectivity index (χ0n) is 8.51. The number of aromatic amines is 1. The predicted molar refractivity (Wildman–Crippen MR) is 56.3 cm³/mol. The van der Waals surface area contributed by atoms with E-state index in [1.807, 2.05) is 24.3 Å². The first-order valence-corrected chi connectivity index (χ1v) is 4.94. The SMILES string of the molecule is CCc1cccc(C(O)c2cn[nH]n2)c1. The first-order chi connectivity index (χ1) is 7.31. The average molecular weight is 203 g/mol. The van der Waals surface area contributed by atoms with E-state index in [9.17, 15) is 5.11 Å². The highest BCUT2D eigenvalue weighted by molar-refractivity contribution is 5.28. The molecule has 1 aromatic heterocycles. The minimum Gasteiger partial charge on any atom is -0.382 e. The maximum Gasteiger partial charge on any atom is 0.124 e. The molecule has 0 aliphatic heterocycles. The number of nitrogens with one attached hydrogen (secondary N) is 1. The maximum atomic E-state index is 9.98. The molecule has 0 saturated heterocycles. The Balaban J connectivity index is 2.29. The van der Waals surface area contributed by atoms with E-state index < -0.39 is 6.10 Å². The van der Waals surface area contributed by atoms with E-state index >= 15 is 0 Å². The van der Waals surface area contributed by atoms with Gasteiger partial charge >= 0.3 is 0 Å². The lowest BCUT2D eigenvalue weighted by molar-refractivity contribution is 0.215. The molecule has 2 rings (SSSR count). The molecular weight excluding hydrogens is 190 g/mol. The highest BCUT2D eigenvalue weighted by Gasteiger charge is 2.12. The van der Waals surface area contributed by atoms with Crippen LogP contribution in [0.4, 0.5) is 0 Å². The number of aryl methyl sites for hydroxylation is 1. The number of hydrogen-bond acceptors (Lipinski definition) is 3. The van der Waals surface area contributed by atoms with Gasteiger partial charge in [0.05, 0.1) is 6.20 Å². The molecule has 15 heavy (non-hydrogen) atoms. The predicted octanol–water partition coefficient (Wildman–Crippen LogP) is 1.45. The van der Waals surface area contributed by atoms with Gasteiger partial charge in [-0.2, -0.15) is 15.4 Å². The first-order valence-electron chi connectivity index (χ1n) is 4.94. The maximum absolute atomic E-state index is 9.98. The summed E-state index contributed by atoms with van der Waals surface area (Å²) in [6.45, 7) is 2.08. The highest BCUT2D eigenvalue weighted by Crippen LogP contribution is 2.20. The van der Waals surface area contributed by atoms with E-state index in [1.54, 1.807) is 0 Å². The van der Waals surface area contributed by atoms with Crippen LogP contribution >= 0.6 is 0 Å². The van der Waals surface area contributed by atoms with E-state index in [4.69, 9.17) is 0 Å². The van der Waals surface area contributed by atoms with Crippen LogP contribution in [0.5, 0.6) is 0 Å². The summed E-state index contributed by atoms with van der Waals surface area (Å²) in [5, 5.41) is 20.0. The van der Waals surface area contributed by atoms with Gasteiger partial charge in [0.2, 0.25) is 0 Å². The third-order valence-corrected chi connectivity index (χ3v) is 2.39. The van der Waals surface area contributed by atoms with Crippen molar-refractivity contribution in [1.29, 1.82) is 0 Å². The first kappa shape index (κ1) is 9.86. The summed E-state index contributed by atoms with van der Waals surface area (Å²) in [6, 6.07) is 7.86. The zero-order valence-corrected chi connectivity index (χ0v) is 8.51. The monoisotopic (exact) mass is 203 g/mol. The Morgan fingerprint density at radius 3 is 3.00 bits per heavy atom. The molecule has 0 fully saturated rings. The van der Waals surface area contributed by atoms with Gasteiger partial charge in [-0.15, -0.1) is 0 Å². The summed E-state index contributed by atoms with van der Waals surface area (Å²) < 4.78 is 0. The molecule has 2 N–H and O–H groups in total. The number of nitrogens with zero attached hydrogens (tertiary/aromatic N) is 2. The van der Waals surface area contributed by atoms with E-state index in [1.165, 1.54) is 11.8 Å². The van der Waals surface area contributed by atoms with Gasteiger partial charge in [0.15, 0.2) is 0 Å². The van der Waals surface area contributed by atoms with Crippen molar-refractivity contribution >= 4 is 0 Å². The molecule has 1 heterocycles. The molecule has 0 radical (unpaired) electrons. The summed E-state index contributed by atoms with van der Waals surface area (Å²) in [7, 11) is 0. The Bertz CT molecular complexity index is 425. The van der Waals surface area contributed by atoms with Gasteiger partial charge in [-0.1, -0.05) is 31.2 Å². The fourth-order valence-corrected chi connectivity index (χ4v) is 1.50. The van der Waals surface area contributed by atoms with Gasteiger partial charge in [0.25, 0.3) is 0 Å². The minimum absolute atomic E-state index is 0.545. The van der Waals surface area contributed by atoms with Crippen LogP contribution < -0.4 is 0 Å². The fraction of sp³-hybridized carbons (Fsp3) is 0.273. The molecule has 0 amide bonds. The van der Waals surface area contributed by atoms with Crippen molar-refractivity contribution in [3.8, 4) is 0 Å². The summed E-state index contributed by atoms with van der Waals surface area (Å²) >= 11 is 0. The highest BCUT2D eigenvalue weighted by atomic mass is 16.3. The second-order valence-corrected chi connectivity index (χ2v) is 3.40. The Morgan fingerprint density at radius 1 is 1.47 bits per heavy atom. The lowest BCUT2D eigenvalue weighted by Crippen LogP contribution is -2.00. The van der Waals surface area contributed by atoms with Crippen LogP contribution in [0.1, 0.15) is 29.8 Å². The number of benzene rings is 1. The van der Waals surface area contributed by atoms with Gasteiger partial charge in [-0.3, -0.25) is 0 Å². The quantitative estimate of drug-likeness (QED) is 0.793. The molecule has 1 atom stereocenters. The third-order valence-electron chi connectivity index (χ3n) is 2.39. The molecule has 2 aromatic rings. The Hall–Kier alpha value is -1.68. The topological polar surface area (TPSA) is 61.8 Å². The fourth-order valence-electron chi connectivity index (χ4n) is 1.50. The van der Waals surface area contributed by atoms with Gasteiger partial charge in [-0.05, 0) is 17.5 Å². The molecule has 1 aromatic carbocycles. The van der Waals surface area contributed by atoms with Crippen molar-refractivity contribution < 1.29 is 5.11 Å². The van der Waals surface area contributed by atoms with Crippen LogP contribution in [0, 0.1) is 0 Å². The van der Waals surface area contributed by atoms with Crippen molar-refractivity contribution in [3.05, 3.63) is 47.3 Å². The Kier molecular flexibility index (Phi) is 2.78. The number of H-pyrrole nitrogens is 1. The molecular formula is C11H13N3O. The lowest BCUT2D eigenvalue weighted by Gasteiger charge is -2.08. The van der Waals surface area contributed by atoms with E-state index in [2.05, 4.69) is 22.3 Å². The number of aliphatic hydroxyl groups is 1. The van der Waals surface area contributed by atoms with Crippen molar-refractivity contribution in [2.24, 2.45) is 0 Å². The second-order valence-electron chi connectivity index (χ2n) is 3.40. The Morgan fingerprint density at radius 2 is 2.33 bits per heavy atom. The largest absolute Gasteiger partial charge is 0.382 e. The molecule has 0 aliphatic rings. The molecule has 0 spiro atoms. The van der Waals surface area contributed by atoms with E-state index in [-0.39, 0.29) is 0 Å². The van der Waals surface area contributed by atoms with Crippen LogP contribution in [-0.2, 0) is 6.42 Å². The van der Waals surface area contributed by atoms with Crippen molar-refractivity contribution in [1.82, 2.24) is 15.4 Å². The summed E-state index contributed by atoms with van der Waals surface area (Å²) in [6.07, 6.45) is 1.79. The lowest BCUT2D eigenvalue weighted by atomic mass is 10.0. The van der Waals surface area contributed by atoms with Gasteiger partial charge in [0.1, 0.15) is 11.8 Å². The molecule has 4 nitrogen and oxygen atoms in total. The molecule has 0 bridgehead atoms. The van der Waals surface area contributed by atoms with Crippen molar-refractivity contribution in [2.45, 2.75) is 19.4 Å². The molecule has 78 valence electrons. The van der Waals surface area contributed by atoms with Crippen LogP contribution in [0.3, 0.4) is 0 Å². The number of aromatic nitrogens is 3. The number of aliphatic hydroxyl groups excluding tert-OH is 1. The second kappa shape index (κ2) is 4.23. The number of rotatable bonds is 3. The van der Waals surface area contributed by atoms with Gasteiger partial charge in [0, 0.05) is 0 Å². The normalized spacial score (nSPS) is 12.7. The van der Waals surface area contributed by atoms with Crippen LogP contribution in [0.15, 0.2) is 30.5 Å². The standard InChI is InChI=1S/C11H13N3O/c1-2-8-4-3-5-9(6-8)11(15)10-7-12-14-13-10/h3-7,11,15H,2H2,1H3,(H,12,13,14). The number of hydrogen-bond donors (Lipinski definition) is 2. The van der Waals surface area contributed by atoms with Crippen LogP contribution in [-0.4, -0.2) is 20.5 Å². The summed E-state index contributed by atoms with van der Waals surface area (Å²) in [4.78, 5) is 0. The summed E-state index contributed by atoms with van der Waals surface area (Å²) in [5.74, 6) is 0.